The van der Waals surface area contributed by atoms with Crippen LogP contribution in [0.2, 0.25) is 0 Å². The maximum absolute atomic E-state index is 12.3. The topological polar surface area (TPSA) is 50.4 Å². The predicted octanol–water partition coefficient (Wildman–Crippen LogP) is 1.62. The van der Waals surface area contributed by atoms with Crippen LogP contribution >= 0.6 is 0 Å². The highest BCUT2D eigenvalue weighted by Crippen LogP contribution is 2.32. The van der Waals surface area contributed by atoms with Crippen LogP contribution in [0.1, 0.15) is 31.4 Å². The number of rotatable bonds is 2. The Morgan fingerprint density at radius 2 is 2.26 bits per heavy atom. The average molecular weight is 260 g/mol. The number of carbonyl (C=O) groups excluding carboxylic acids is 1. The van der Waals surface area contributed by atoms with Gasteiger partial charge in [0.1, 0.15) is 12.4 Å². The van der Waals surface area contributed by atoms with Crippen LogP contribution in [0.15, 0.2) is 24.3 Å². The Hall–Kier alpha value is -1.55. The van der Waals surface area contributed by atoms with Crippen LogP contribution in [-0.4, -0.2) is 25.1 Å². The molecule has 3 atom stereocenters. The first-order chi connectivity index (χ1) is 9.24. The monoisotopic (exact) mass is 260 g/mol. The fourth-order valence-corrected chi connectivity index (χ4v) is 2.94. The minimum absolute atomic E-state index is 0.00823. The third-order valence-electron chi connectivity index (χ3n) is 4.01. The van der Waals surface area contributed by atoms with E-state index in [4.69, 9.17) is 4.74 Å². The molecule has 3 rings (SSSR count). The van der Waals surface area contributed by atoms with Gasteiger partial charge in [0.15, 0.2) is 0 Å². The third-order valence-corrected chi connectivity index (χ3v) is 4.01. The van der Waals surface area contributed by atoms with Gasteiger partial charge in [-0.1, -0.05) is 18.2 Å². The summed E-state index contributed by atoms with van der Waals surface area (Å²) in [5, 5.41) is 6.51. The molecule has 0 saturated carbocycles. The number of para-hydroxylation sites is 1. The van der Waals surface area contributed by atoms with E-state index in [-0.39, 0.29) is 17.9 Å². The molecule has 2 aliphatic heterocycles. The molecule has 1 amide bonds. The lowest BCUT2D eigenvalue weighted by Crippen LogP contribution is -2.43. The highest BCUT2D eigenvalue weighted by molar-refractivity contribution is 5.79. The van der Waals surface area contributed by atoms with Gasteiger partial charge in [-0.3, -0.25) is 4.79 Å². The first-order valence-corrected chi connectivity index (χ1v) is 6.99. The van der Waals surface area contributed by atoms with E-state index in [0.717, 1.165) is 30.7 Å². The number of ether oxygens (including phenoxy) is 1. The molecule has 4 nitrogen and oxygen atoms in total. The lowest BCUT2D eigenvalue weighted by Gasteiger charge is -2.28. The van der Waals surface area contributed by atoms with Crippen LogP contribution in [0.5, 0.6) is 5.75 Å². The van der Waals surface area contributed by atoms with E-state index in [0.29, 0.717) is 12.6 Å². The molecule has 0 aliphatic carbocycles. The van der Waals surface area contributed by atoms with E-state index in [9.17, 15) is 4.79 Å². The van der Waals surface area contributed by atoms with Gasteiger partial charge >= 0.3 is 0 Å². The van der Waals surface area contributed by atoms with Crippen molar-refractivity contribution in [3.63, 3.8) is 0 Å². The Morgan fingerprint density at radius 3 is 3.11 bits per heavy atom. The molecular weight excluding hydrogens is 240 g/mol. The Balaban J connectivity index is 1.64. The van der Waals surface area contributed by atoms with Gasteiger partial charge in [0, 0.05) is 17.5 Å². The van der Waals surface area contributed by atoms with Gasteiger partial charge in [-0.2, -0.15) is 0 Å². The largest absolute Gasteiger partial charge is 0.491 e. The summed E-state index contributed by atoms with van der Waals surface area (Å²) in [6.45, 7) is 3.61. The maximum atomic E-state index is 12.3. The van der Waals surface area contributed by atoms with Gasteiger partial charge in [0.25, 0.3) is 0 Å². The van der Waals surface area contributed by atoms with Crippen LogP contribution in [0.25, 0.3) is 0 Å². The zero-order chi connectivity index (χ0) is 13.2. The molecule has 2 N–H and O–H groups in total. The SMILES string of the molecule is CC1CC(C(=O)NC2COc3ccccc32)CCN1. The average Bonchev–Trinajstić information content (AvgIpc) is 2.82. The molecular formula is C15H20N2O2. The van der Waals surface area contributed by atoms with Crippen molar-refractivity contribution in [3.05, 3.63) is 29.8 Å². The summed E-state index contributed by atoms with van der Waals surface area (Å²) in [5.41, 5.74) is 1.10. The molecule has 1 fully saturated rings. The van der Waals surface area contributed by atoms with Crippen molar-refractivity contribution in [2.75, 3.05) is 13.2 Å². The Bertz CT molecular complexity index is 475. The summed E-state index contributed by atoms with van der Waals surface area (Å²) in [7, 11) is 0. The summed E-state index contributed by atoms with van der Waals surface area (Å²) >= 11 is 0. The summed E-state index contributed by atoms with van der Waals surface area (Å²) in [6.07, 6.45) is 1.84. The van der Waals surface area contributed by atoms with Gasteiger partial charge < -0.3 is 15.4 Å². The quantitative estimate of drug-likeness (QED) is 0.849. The lowest BCUT2D eigenvalue weighted by atomic mass is 9.92. The van der Waals surface area contributed by atoms with E-state index in [1.165, 1.54) is 0 Å². The molecule has 102 valence electrons. The minimum atomic E-state index is 0.00823. The number of amides is 1. The zero-order valence-electron chi connectivity index (χ0n) is 11.2. The normalized spacial score (nSPS) is 29.4. The van der Waals surface area contributed by atoms with E-state index in [1.807, 2.05) is 24.3 Å². The Morgan fingerprint density at radius 1 is 1.42 bits per heavy atom. The molecule has 0 spiro atoms. The minimum Gasteiger partial charge on any atom is -0.491 e. The van der Waals surface area contributed by atoms with Crippen molar-refractivity contribution >= 4 is 5.91 Å². The highest BCUT2D eigenvalue weighted by atomic mass is 16.5. The predicted molar refractivity (Wildman–Crippen MR) is 73.0 cm³/mol. The second kappa shape index (κ2) is 5.21. The fraction of sp³-hybridized carbons (Fsp3) is 0.533. The molecule has 2 heterocycles. The molecule has 4 heteroatoms. The van der Waals surface area contributed by atoms with Crippen LogP contribution in [0, 0.1) is 5.92 Å². The number of benzene rings is 1. The maximum Gasteiger partial charge on any atom is 0.223 e. The van der Waals surface area contributed by atoms with Crippen LogP contribution in [0.4, 0.5) is 0 Å². The van der Waals surface area contributed by atoms with E-state index >= 15 is 0 Å². The molecule has 2 aliphatic rings. The molecule has 0 radical (unpaired) electrons. The molecule has 19 heavy (non-hydrogen) atoms. The number of nitrogens with one attached hydrogen (secondary N) is 2. The van der Waals surface area contributed by atoms with Gasteiger partial charge in [0.05, 0.1) is 6.04 Å². The molecule has 3 unspecified atom stereocenters. The second-order valence-electron chi connectivity index (χ2n) is 5.49. The van der Waals surface area contributed by atoms with Gasteiger partial charge in [-0.15, -0.1) is 0 Å². The van der Waals surface area contributed by atoms with Gasteiger partial charge in [-0.25, -0.2) is 0 Å². The molecule has 1 saturated heterocycles. The van der Waals surface area contributed by atoms with E-state index < -0.39 is 0 Å². The summed E-state index contributed by atoms with van der Waals surface area (Å²) < 4.78 is 5.59. The summed E-state index contributed by atoms with van der Waals surface area (Å²) in [5.74, 6) is 1.19. The van der Waals surface area contributed by atoms with Crippen molar-refractivity contribution < 1.29 is 9.53 Å². The zero-order valence-corrected chi connectivity index (χ0v) is 11.2. The van der Waals surface area contributed by atoms with Crippen LogP contribution < -0.4 is 15.4 Å². The van der Waals surface area contributed by atoms with E-state index in [2.05, 4.69) is 17.6 Å². The summed E-state index contributed by atoms with van der Waals surface area (Å²) in [4.78, 5) is 12.3. The molecule has 1 aromatic rings. The van der Waals surface area contributed by atoms with Crippen LogP contribution in [0.3, 0.4) is 0 Å². The number of hydrogen-bond acceptors (Lipinski definition) is 3. The molecule has 0 aromatic heterocycles. The Labute approximate surface area is 113 Å². The standard InChI is InChI=1S/C15H20N2O2/c1-10-8-11(6-7-16-10)15(18)17-13-9-19-14-5-3-2-4-12(13)14/h2-5,10-11,13,16H,6-9H2,1H3,(H,17,18). The number of carbonyl (C=O) groups is 1. The second-order valence-corrected chi connectivity index (χ2v) is 5.49. The number of piperidine rings is 1. The van der Waals surface area contributed by atoms with Crippen molar-refractivity contribution in [3.8, 4) is 5.75 Å². The summed E-state index contributed by atoms with van der Waals surface area (Å²) in [6, 6.07) is 8.36. The van der Waals surface area contributed by atoms with Crippen molar-refractivity contribution in [1.29, 1.82) is 0 Å². The molecule has 0 bridgehead atoms. The van der Waals surface area contributed by atoms with Crippen molar-refractivity contribution in [2.24, 2.45) is 5.92 Å². The third kappa shape index (κ3) is 2.59. The van der Waals surface area contributed by atoms with Crippen molar-refractivity contribution in [2.45, 2.75) is 31.8 Å². The molecule has 1 aromatic carbocycles. The van der Waals surface area contributed by atoms with Crippen LogP contribution in [-0.2, 0) is 4.79 Å². The number of hydrogen-bond donors (Lipinski definition) is 2. The van der Waals surface area contributed by atoms with Crippen molar-refractivity contribution in [1.82, 2.24) is 10.6 Å². The van der Waals surface area contributed by atoms with Gasteiger partial charge in [-0.05, 0) is 32.4 Å². The number of fused-ring (bicyclic) bond motifs is 1. The fourth-order valence-electron chi connectivity index (χ4n) is 2.94. The van der Waals surface area contributed by atoms with E-state index in [1.54, 1.807) is 0 Å². The Kier molecular flexibility index (Phi) is 3.42. The first-order valence-electron chi connectivity index (χ1n) is 6.99. The smallest absolute Gasteiger partial charge is 0.223 e. The first kappa shape index (κ1) is 12.5. The highest BCUT2D eigenvalue weighted by Gasteiger charge is 2.30. The lowest BCUT2D eigenvalue weighted by molar-refractivity contribution is -0.126. The van der Waals surface area contributed by atoms with Gasteiger partial charge in [0.2, 0.25) is 5.91 Å².